The van der Waals surface area contributed by atoms with Gasteiger partial charge in [-0.05, 0) is 43.3 Å². The summed E-state index contributed by atoms with van der Waals surface area (Å²) in [7, 11) is 0. The molecule has 1 aliphatic rings. The number of aromatic nitrogens is 1. The lowest BCUT2D eigenvalue weighted by atomic mass is 10.1. The van der Waals surface area contributed by atoms with E-state index in [0.29, 0.717) is 22.8 Å². The van der Waals surface area contributed by atoms with E-state index < -0.39 is 0 Å². The molecule has 2 amide bonds. The first kappa shape index (κ1) is 17.5. The Morgan fingerprint density at radius 3 is 2.78 bits per heavy atom. The van der Waals surface area contributed by atoms with Crippen LogP contribution in [0.1, 0.15) is 17.3 Å². The van der Waals surface area contributed by atoms with Gasteiger partial charge in [0.1, 0.15) is 6.54 Å². The van der Waals surface area contributed by atoms with Gasteiger partial charge in [-0.3, -0.25) is 14.6 Å². The van der Waals surface area contributed by atoms with Crippen LogP contribution in [0.4, 0.5) is 5.69 Å². The standard InChI is InChI=1S/C21H18ClN3O2/c1-14-12-25(19-7-3-2-6-17(19)22)20(26)13-24(14)21(27)16-8-9-18-15(11-16)5-4-10-23-18/h2-11,14H,12-13H2,1H3/t14-/m1/s1. The van der Waals surface area contributed by atoms with E-state index in [1.807, 2.05) is 49.4 Å². The number of hydrogen-bond donors (Lipinski definition) is 0. The Balaban J connectivity index is 1.59. The molecule has 0 spiro atoms. The zero-order chi connectivity index (χ0) is 19.0. The Labute approximate surface area is 162 Å². The molecule has 0 saturated carbocycles. The highest BCUT2D eigenvalue weighted by molar-refractivity contribution is 6.33. The predicted octanol–water partition coefficient (Wildman–Crippen LogP) is 3.77. The number of piperazine rings is 1. The molecule has 2 aromatic carbocycles. The van der Waals surface area contributed by atoms with Crippen LogP contribution in [0.3, 0.4) is 0 Å². The molecule has 0 aliphatic carbocycles. The highest BCUT2D eigenvalue weighted by atomic mass is 35.5. The number of para-hydroxylation sites is 1. The smallest absolute Gasteiger partial charge is 0.254 e. The van der Waals surface area contributed by atoms with Crippen LogP contribution in [0.25, 0.3) is 10.9 Å². The summed E-state index contributed by atoms with van der Waals surface area (Å²) in [5.41, 5.74) is 2.07. The van der Waals surface area contributed by atoms with Gasteiger partial charge in [0.05, 0.1) is 16.2 Å². The number of carbonyl (C=O) groups excluding carboxylic acids is 2. The maximum Gasteiger partial charge on any atom is 0.254 e. The molecule has 4 rings (SSSR count). The van der Waals surface area contributed by atoms with Crippen LogP contribution >= 0.6 is 11.6 Å². The van der Waals surface area contributed by atoms with Crippen LogP contribution in [0.2, 0.25) is 5.02 Å². The Hall–Kier alpha value is -2.92. The van der Waals surface area contributed by atoms with E-state index in [9.17, 15) is 9.59 Å². The first-order valence-electron chi connectivity index (χ1n) is 8.75. The van der Waals surface area contributed by atoms with Crippen molar-refractivity contribution in [2.75, 3.05) is 18.0 Å². The number of benzene rings is 2. The van der Waals surface area contributed by atoms with Crippen LogP contribution in [0.5, 0.6) is 0 Å². The van der Waals surface area contributed by atoms with Crippen molar-refractivity contribution in [1.82, 2.24) is 9.88 Å². The van der Waals surface area contributed by atoms with Gasteiger partial charge in [0.2, 0.25) is 5.91 Å². The van der Waals surface area contributed by atoms with Gasteiger partial charge in [-0.1, -0.05) is 29.8 Å². The van der Waals surface area contributed by atoms with Gasteiger partial charge < -0.3 is 9.80 Å². The molecule has 1 aromatic heterocycles. The third-order valence-corrected chi connectivity index (χ3v) is 5.16. The monoisotopic (exact) mass is 379 g/mol. The molecule has 0 N–H and O–H groups in total. The Kier molecular flexibility index (Phi) is 4.54. The maximum absolute atomic E-state index is 13.0. The minimum atomic E-state index is -0.152. The van der Waals surface area contributed by atoms with Gasteiger partial charge in [-0.2, -0.15) is 0 Å². The highest BCUT2D eigenvalue weighted by Crippen LogP contribution is 2.28. The summed E-state index contributed by atoms with van der Waals surface area (Å²) in [6, 6.07) is 16.3. The average molecular weight is 380 g/mol. The normalized spacial score (nSPS) is 17.4. The summed E-state index contributed by atoms with van der Waals surface area (Å²) in [5.74, 6) is -0.294. The molecule has 27 heavy (non-hydrogen) atoms. The first-order valence-corrected chi connectivity index (χ1v) is 9.13. The van der Waals surface area contributed by atoms with Gasteiger partial charge in [-0.25, -0.2) is 0 Å². The Bertz CT molecular complexity index is 1040. The highest BCUT2D eigenvalue weighted by Gasteiger charge is 2.34. The topological polar surface area (TPSA) is 53.5 Å². The quantitative estimate of drug-likeness (QED) is 0.681. The third kappa shape index (κ3) is 3.26. The van der Waals surface area contributed by atoms with Gasteiger partial charge >= 0.3 is 0 Å². The number of halogens is 1. The van der Waals surface area contributed by atoms with Crippen LogP contribution in [0, 0.1) is 0 Å². The molecule has 1 fully saturated rings. The number of nitrogens with zero attached hydrogens (tertiary/aromatic N) is 3. The Morgan fingerprint density at radius 1 is 1.15 bits per heavy atom. The summed E-state index contributed by atoms with van der Waals surface area (Å²) in [4.78, 5) is 33.3. The minimum Gasteiger partial charge on any atom is -0.325 e. The number of rotatable bonds is 2. The minimum absolute atomic E-state index is 0.0241. The molecule has 0 bridgehead atoms. The average Bonchev–Trinajstić information content (AvgIpc) is 2.69. The summed E-state index contributed by atoms with van der Waals surface area (Å²) >= 11 is 6.24. The van der Waals surface area contributed by atoms with Crippen molar-refractivity contribution in [2.45, 2.75) is 13.0 Å². The second-order valence-corrected chi connectivity index (χ2v) is 7.06. The van der Waals surface area contributed by atoms with Gasteiger partial charge in [0, 0.05) is 29.7 Å². The first-order chi connectivity index (χ1) is 13.0. The molecule has 1 aliphatic heterocycles. The largest absolute Gasteiger partial charge is 0.325 e. The van der Waals surface area contributed by atoms with Gasteiger partial charge in [0.15, 0.2) is 0 Å². The zero-order valence-electron chi connectivity index (χ0n) is 14.8. The number of anilines is 1. The fourth-order valence-electron chi connectivity index (χ4n) is 3.40. The third-order valence-electron chi connectivity index (χ3n) is 4.84. The fourth-order valence-corrected chi connectivity index (χ4v) is 3.64. The number of pyridine rings is 1. The lowest BCUT2D eigenvalue weighted by Gasteiger charge is -2.39. The van der Waals surface area contributed by atoms with Crippen molar-refractivity contribution < 1.29 is 9.59 Å². The molecule has 136 valence electrons. The summed E-state index contributed by atoms with van der Waals surface area (Å²) in [6.07, 6.45) is 1.72. The molecule has 0 unspecified atom stereocenters. The van der Waals surface area contributed by atoms with Crippen molar-refractivity contribution in [2.24, 2.45) is 0 Å². The molecule has 1 saturated heterocycles. The maximum atomic E-state index is 13.0. The molecule has 2 heterocycles. The van der Waals surface area contributed by atoms with Crippen LogP contribution in [0.15, 0.2) is 60.8 Å². The van der Waals surface area contributed by atoms with Crippen molar-refractivity contribution in [3.63, 3.8) is 0 Å². The lowest BCUT2D eigenvalue weighted by molar-refractivity contribution is -0.121. The summed E-state index contributed by atoms with van der Waals surface area (Å²) < 4.78 is 0. The van der Waals surface area contributed by atoms with Gasteiger partial charge in [0.25, 0.3) is 5.91 Å². The van der Waals surface area contributed by atoms with E-state index in [1.54, 1.807) is 28.1 Å². The van der Waals surface area contributed by atoms with Crippen LogP contribution in [-0.2, 0) is 4.79 Å². The van der Waals surface area contributed by atoms with E-state index >= 15 is 0 Å². The zero-order valence-corrected chi connectivity index (χ0v) is 15.6. The Morgan fingerprint density at radius 2 is 1.96 bits per heavy atom. The summed E-state index contributed by atoms with van der Waals surface area (Å²) in [5, 5.41) is 1.43. The van der Waals surface area contributed by atoms with Crippen LogP contribution < -0.4 is 4.90 Å². The lowest BCUT2D eigenvalue weighted by Crippen LogP contribution is -2.57. The summed E-state index contributed by atoms with van der Waals surface area (Å²) in [6.45, 7) is 2.37. The van der Waals surface area contributed by atoms with Crippen molar-refractivity contribution in [3.05, 3.63) is 71.4 Å². The predicted molar refractivity (Wildman–Crippen MR) is 106 cm³/mol. The van der Waals surface area contributed by atoms with E-state index in [0.717, 1.165) is 10.9 Å². The van der Waals surface area contributed by atoms with Gasteiger partial charge in [-0.15, -0.1) is 0 Å². The number of carbonyl (C=O) groups is 2. The molecule has 0 radical (unpaired) electrons. The second-order valence-electron chi connectivity index (χ2n) is 6.65. The molecular weight excluding hydrogens is 362 g/mol. The van der Waals surface area contributed by atoms with Crippen LogP contribution in [-0.4, -0.2) is 40.8 Å². The van der Waals surface area contributed by atoms with Crippen molar-refractivity contribution in [3.8, 4) is 0 Å². The molecule has 5 nitrogen and oxygen atoms in total. The number of hydrogen-bond acceptors (Lipinski definition) is 3. The van der Waals surface area contributed by atoms with E-state index in [1.165, 1.54) is 0 Å². The number of fused-ring (bicyclic) bond motifs is 1. The van der Waals surface area contributed by atoms with Crippen molar-refractivity contribution in [1.29, 1.82) is 0 Å². The molecule has 6 heteroatoms. The second kappa shape index (κ2) is 7.00. The molecular formula is C21H18ClN3O2. The van der Waals surface area contributed by atoms with E-state index in [-0.39, 0.29) is 24.4 Å². The number of amides is 2. The van der Waals surface area contributed by atoms with E-state index in [2.05, 4.69) is 4.98 Å². The van der Waals surface area contributed by atoms with Crippen molar-refractivity contribution >= 4 is 40.0 Å². The SMILES string of the molecule is C[C@@H]1CN(c2ccccc2Cl)C(=O)CN1C(=O)c1ccc2ncccc2c1. The molecule has 3 aromatic rings. The fraction of sp³-hybridized carbons (Fsp3) is 0.190. The van der Waals surface area contributed by atoms with E-state index in [4.69, 9.17) is 11.6 Å². The molecule has 1 atom stereocenters.